The molecule has 0 unspecified atom stereocenters. The van der Waals surface area contributed by atoms with Gasteiger partial charge in [-0.1, -0.05) is 31.2 Å². The van der Waals surface area contributed by atoms with Gasteiger partial charge in [0.15, 0.2) is 12.3 Å². The number of benzene rings is 1. The normalized spacial score (nSPS) is 10.2. The van der Waals surface area contributed by atoms with Crippen LogP contribution in [0.2, 0.25) is 0 Å². The highest BCUT2D eigenvalue weighted by Gasteiger charge is 2.14. The molecule has 0 saturated carbocycles. The third-order valence-electron chi connectivity index (χ3n) is 2.67. The van der Waals surface area contributed by atoms with Gasteiger partial charge in [-0.05, 0) is 12.0 Å². The number of aryl methyl sites for hydroxylation is 1. The van der Waals surface area contributed by atoms with E-state index >= 15 is 0 Å². The van der Waals surface area contributed by atoms with Gasteiger partial charge in [0.1, 0.15) is 5.01 Å². The zero-order chi connectivity index (χ0) is 14.5. The fraction of sp³-hybridized carbons (Fsp3) is 0.214. The second kappa shape index (κ2) is 6.29. The second-order valence-electron chi connectivity index (χ2n) is 4.13. The van der Waals surface area contributed by atoms with Crippen molar-refractivity contribution in [1.29, 1.82) is 0 Å². The number of primary amides is 1. The first-order valence-electron chi connectivity index (χ1n) is 6.10. The van der Waals surface area contributed by atoms with Gasteiger partial charge in [-0.3, -0.25) is 4.79 Å². The van der Waals surface area contributed by atoms with Gasteiger partial charge >= 0.3 is 5.97 Å². The Bertz CT molecular complexity index is 620. The summed E-state index contributed by atoms with van der Waals surface area (Å²) in [5, 5.41) is 2.34. The molecule has 0 fully saturated rings. The highest BCUT2D eigenvalue weighted by molar-refractivity contribution is 7.13. The summed E-state index contributed by atoms with van der Waals surface area (Å²) in [6.45, 7) is 1.65. The van der Waals surface area contributed by atoms with E-state index in [-0.39, 0.29) is 5.69 Å². The molecule has 0 radical (unpaired) electrons. The Hall–Kier alpha value is -2.21. The minimum Gasteiger partial charge on any atom is -0.451 e. The quantitative estimate of drug-likeness (QED) is 0.854. The summed E-state index contributed by atoms with van der Waals surface area (Å²) in [4.78, 5) is 26.4. The SMILES string of the molecule is CCc1ccc(-c2nc(C(=O)OCC(N)=O)cs2)cc1. The number of nitrogens with zero attached hydrogens (tertiary/aromatic N) is 1. The number of aromatic nitrogens is 1. The van der Waals surface area contributed by atoms with Gasteiger partial charge in [-0.15, -0.1) is 11.3 Å². The number of rotatable bonds is 5. The van der Waals surface area contributed by atoms with Crippen molar-refractivity contribution in [3.8, 4) is 10.6 Å². The number of hydrogen-bond acceptors (Lipinski definition) is 5. The summed E-state index contributed by atoms with van der Waals surface area (Å²) in [7, 11) is 0. The Morgan fingerprint density at radius 2 is 2.00 bits per heavy atom. The molecule has 2 aromatic rings. The topological polar surface area (TPSA) is 82.3 Å². The van der Waals surface area contributed by atoms with Crippen molar-refractivity contribution in [2.75, 3.05) is 6.61 Å². The zero-order valence-electron chi connectivity index (χ0n) is 11.0. The van der Waals surface area contributed by atoms with Crippen LogP contribution in [0.4, 0.5) is 0 Å². The van der Waals surface area contributed by atoms with Crippen LogP contribution in [0, 0.1) is 0 Å². The lowest BCUT2D eigenvalue weighted by Crippen LogP contribution is -2.21. The molecular weight excluding hydrogens is 276 g/mol. The van der Waals surface area contributed by atoms with E-state index < -0.39 is 18.5 Å². The third kappa shape index (κ3) is 3.42. The summed E-state index contributed by atoms with van der Waals surface area (Å²) in [5.41, 5.74) is 7.28. The van der Waals surface area contributed by atoms with E-state index in [9.17, 15) is 9.59 Å². The van der Waals surface area contributed by atoms with E-state index in [1.807, 2.05) is 24.3 Å². The monoisotopic (exact) mass is 290 g/mol. The summed E-state index contributed by atoms with van der Waals surface area (Å²) in [5.74, 6) is -1.33. The molecule has 0 atom stereocenters. The van der Waals surface area contributed by atoms with Crippen LogP contribution in [-0.2, 0) is 16.0 Å². The lowest BCUT2D eigenvalue weighted by Gasteiger charge is -1.99. The summed E-state index contributed by atoms with van der Waals surface area (Å²) in [6, 6.07) is 8.00. The van der Waals surface area contributed by atoms with Crippen molar-refractivity contribution in [2.24, 2.45) is 5.73 Å². The molecule has 1 aromatic heterocycles. The van der Waals surface area contributed by atoms with Gasteiger partial charge in [0.2, 0.25) is 0 Å². The van der Waals surface area contributed by atoms with Crippen LogP contribution in [0.15, 0.2) is 29.6 Å². The molecule has 1 aromatic carbocycles. The molecule has 2 rings (SSSR count). The maximum atomic E-state index is 11.6. The number of thiazole rings is 1. The highest BCUT2D eigenvalue weighted by Crippen LogP contribution is 2.24. The van der Waals surface area contributed by atoms with Gasteiger partial charge in [0.05, 0.1) is 0 Å². The van der Waals surface area contributed by atoms with Crippen molar-refractivity contribution >= 4 is 23.2 Å². The number of hydrogen-bond donors (Lipinski definition) is 1. The van der Waals surface area contributed by atoms with E-state index in [1.54, 1.807) is 5.38 Å². The van der Waals surface area contributed by atoms with E-state index in [2.05, 4.69) is 11.9 Å². The average molecular weight is 290 g/mol. The molecule has 0 aliphatic carbocycles. The largest absolute Gasteiger partial charge is 0.451 e. The van der Waals surface area contributed by atoms with Gasteiger partial charge < -0.3 is 10.5 Å². The average Bonchev–Trinajstić information content (AvgIpc) is 2.94. The van der Waals surface area contributed by atoms with Crippen LogP contribution >= 0.6 is 11.3 Å². The summed E-state index contributed by atoms with van der Waals surface area (Å²) >= 11 is 1.35. The maximum Gasteiger partial charge on any atom is 0.358 e. The first-order valence-corrected chi connectivity index (χ1v) is 6.98. The lowest BCUT2D eigenvalue weighted by molar-refractivity contribution is -0.121. The Kier molecular flexibility index (Phi) is 4.47. The number of carbonyl (C=O) groups excluding carboxylic acids is 2. The number of esters is 1. The fourth-order valence-electron chi connectivity index (χ4n) is 1.59. The first kappa shape index (κ1) is 14.2. The Morgan fingerprint density at radius 1 is 1.30 bits per heavy atom. The molecule has 6 heteroatoms. The third-order valence-corrected chi connectivity index (χ3v) is 3.56. The van der Waals surface area contributed by atoms with Gasteiger partial charge in [-0.2, -0.15) is 0 Å². The van der Waals surface area contributed by atoms with Crippen LogP contribution in [0.3, 0.4) is 0 Å². The van der Waals surface area contributed by atoms with Gasteiger partial charge in [-0.25, -0.2) is 9.78 Å². The molecule has 0 spiro atoms. The van der Waals surface area contributed by atoms with Crippen LogP contribution in [-0.4, -0.2) is 23.5 Å². The predicted octanol–water partition coefficient (Wildman–Crippen LogP) is 2.01. The Labute approximate surface area is 120 Å². The summed E-state index contributed by atoms with van der Waals surface area (Å²) < 4.78 is 4.71. The minimum absolute atomic E-state index is 0.186. The van der Waals surface area contributed by atoms with Crippen LogP contribution < -0.4 is 5.73 Å². The smallest absolute Gasteiger partial charge is 0.358 e. The van der Waals surface area contributed by atoms with Crippen molar-refractivity contribution in [3.63, 3.8) is 0 Å². The first-order chi connectivity index (χ1) is 9.60. The maximum absolute atomic E-state index is 11.6. The fourth-order valence-corrected chi connectivity index (χ4v) is 2.39. The number of carbonyl (C=O) groups is 2. The predicted molar refractivity (Wildman–Crippen MR) is 76.4 cm³/mol. The molecule has 0 saturated heterocycles. The second-order valence-corrected chi connectivity index (χ2v) is 4.99. The molecule has 0 aliphatic heterocycles. The molecule has 1 amide bonds. The van der Waals surface area contributed by atoms with Crippen molar-refractivity contribution in [3.05, 3.63) is 40.9 Å². The highest BCUT2D eigenvalue weighted by atomic mass is 32.1. The molecule has 0 bridgehead atoms. The summed E-state index contributed by atoms with van der Waals surface area (Å²) in [6.07, 6.45) is 0.975. The number of amides is 1. The molecule has 20 heavy (non-hydrogen) atoms. The molecule has 5 nitrogen and oxygen atoms in total. The number of nitrogens with two attached hydrogens (primary N) is 1. The minimum atomic E-state index is -0.691. The van der Waals surface area contributed by atoms with Gasteiger partial charge in [0.25, 0.3) is 5.91 Å². The van der Waals surface area contributed by atoms with E-state index in [0.29, 0.717) is 0 Å². The van der Waals surface area contributed by atoms with Crippen LogP contribution in [0.1, 0.15) is 23.0 Å². The Balaban J connectivity index is 2.11. The molecule has 2 N–H and O–H groups in total. The molecule has 1 heterocycles. The van der Waals surface area contributed by atoms with Crippen molar-refractivity contribution < 1.29 is 14.3 Å². The van der Waals surface area contributed by atoms with Crippen LogP contribution in [0.25, 0.3) is 10.6 Å². The Morgan fingerprint density at radius 3 is 2.60 bits per heavy atom. The molecule has 0 aliphatic rings. The zero-order valence-corrected chi connectivity index (χ0v) is 11.8. The molecular formula is C14H14N2O3S. The standard InChI is InChI=1S/C14H14N2O3S/c1-2-9-3-5-10(6-4-9)13-16-11(8-20-13)14(18)19-7-12(15)17/h3-6,8H,2,7H2,1H3,(H2,15,17). The number of ether oxygens (including phenoxy) is 1. The van der Waals surface area contributed by atoms with Crippen molar-refractivity contribution in [1.82, 2.24) is 4.98 Å². The molecule has 104 valence electrons. The van der Waals surface area contributed by atoms with E-state index in [4.69, 9.17) is 10.5 Å². The van der Waals surface area contributed by atoms with Crippen molar-refractivity contribution in [2.45, 2.75) is 13.3 Å². The van der Waals surface area contributed by atoms with Crippen LogP contribution in [0.5, 0.6) is 0 Å². The van der Waals surface area contributed by atoms with E-state index in [0.717, 1.165) is 17.0 Å². The van der Waals surface area contributed by atoms with E-state index in [1.165, 1.54) is 16.9 Å². The van der Waals surface area contributed by atoms with Gasteiger partial charge in [0, 0.05) is 10.9 Å². The lowest BCUT2D eigenvalue weighted by atomic mass is 10.1.